The number of carbonyl (C=O) groups is 1. The van der Waals surface area contributed by atoms with Gasteiger partial charge in [-0.05, 0) is 42.5 Å². The summed E-state index contributed by atoms with van der Waals surface area (Å²) in [5, 5.41) is 2.05. The molecule has 23 heavy (non-hydrogen) atoms. The smallest absolute Gasteiger partial charge is 0.276 e. The number of rotatable bonds is 4. The Bertz CT molecular complexity index is 791. The average molecular weight is 323 g/mol. The summed E-state index contributed by atoms with van der Waals surface area (Å²) in [6.07, 6.45) is 0. The van der Waals surface area contributed by atoms with Crippen molar-refractivity contribution in [2.75, 3.05) is 10.4 Å². The number of para-hydroxylation sites is 2. The van der Waals surface area contributed by atoms with E-state index in [1.165, 1.54) is 5.01 Å². The van der Waals surface area contributed by atoms with Gasteiger partial charge >= 0.3 is 0 Å². The summed E-state index contributed by atoms with van der Waals surface area (Å²) in [5.41, 5.74) is 5.25. The maximum atomic E-state index is 12.9. The van der Waals surface area contributed by atoms with Crippen LogP contribution in [-0.4, -0.2) is 5.91 Å². The fraction of sp³-hybridized carbons (Fsp3) is 0. The fourth-order valence-electron chi connectivity index (χ4n) is 2.20. The predicted molar refractivity (Wildman–Crippen MR) is 94.8 cm³/mol. The zero-order chi connectivity index (χ0) is 16.1. The Balaban J connectivity index is 1.96. The number of hydrogen-bond acceptors (Lipinski definition) is 2. The van der Waals surface area contributed by atoms with E-state index in [4.69, 9.17) is 11.6 Å². The van der Waals surface area contributed by atoms with E-state index in [9.17, 15) is 4.79 Å². The third kappa shape index (κ3) is 3.71. The van der Waals surface area contributed by atoms with Gasteiger partial charge in [0.05, 0.1) is 11.4 Å². The zero-order valence-electron chi connectivity index (χ0n) is 12.3. The number of benzene rings is 3. The van der Waals surface area contributed by atoms with Crippen LogP contribution in [0.3, 0.4) is 0 Å². The quantitative estimate of drug-likeness (QED) is 0.684. The van der Waals surface area contributed by atoms with Crippen LogP contribution >= 0.6 is 11.6 Å². The molecule has 0 saturated heterocycles. The molecule has 3 aromatic rings. The van der Waals surface area contributed by atoms with E-state index in [0.717, 1.165) is 11.4 Å². The Kier molecular flexibility index (Phi) is 4.60. The van der Waals surface area contributed by atoms with Gasteiger partial charge in [0.25, 0.3) is 5.91 Å². The Morgan fingerprint density at radius 3 is 2.13 bits per heavy atom. The molecule has 0 aromatic heterocycles. The summed E-state index contributed by atoms with van der Waals surface area (Å²) in [7, 11) is 0. The van der Waals surface area contributed by atoms with Crippen LogP contribution in [0.4, 0.5) is 11.4 Å². The van der Waals surface area contributed by atoms with Gasteiger partial charge in [-0.2, -0.15) is 0 Å². The van der Waals surface area contributed by atoms with Gasteiger partial charge in [-0.15, -0.1) is 0 Å². The van der Waals surface area contributed by atoms with Crippen LogP contribution in [0.5, 0.6) is 0 Å². The summed E-state index contributed by atoms with van der Waals surface area (Å²) in [4.78, 5) is 12.9. The molecule has 1 N–H and O–H groups in total. The second-order valence-corrected chi connectivity index (χ2v) is 5.40. The highest BCUT2D eigenvalue weighted by Gasteiger charge is 2.18. The molecule has 1 amide bonds. The molecule has 0 fully saturated rings. The molecule has 0 heterocycles. The molecule has 4 heteroatoms. The van der Waals surface area contributed by atoms with Gasteiger partial charge in [-0.1, -0.05) is 54.1 Å². The van der Waals surface area contributed by atoms with Crippen molar-refractivity contribution in [3.05, 3.63) is 95.5 Å². The summed E-state index contributed by atoms with van der Waals surface area (Å²) in [6, 6.07) is 25.9. The maximum Gasteiger partial charge on any atom is 0.276 e. The van der Waals surface area contributed by atoms with Crippen molar-refractivity contribution in [1.82, 2.24) is 0 Å². The lowest BCUT2D eigenvalue weighted by molar-refractivity contribution is 0.0992. The van der Waals surface area contributed by atoms with Crippen LogP contribution in [0.2, 0.25) is 5.02 Å². The summed E-state index contributed by atoms with van der Waals surface area (Å²) in [6.45, 7) is 0. The Morgan fingerprint density at radius 2 is 1.48 bits per heavy atom. The average Bonchev–Trinajstić information content (AvgIpc) is 2.61. The van der Waals surface area contributed by atoms with Crippen LogP contribution in [0.1, 0.15) is 10.4 Å². The number of hydrogen-bond donors (Lipinski definition) is 1. The summed E-state index contributed by atoms with van der Waals surface area (Å²) in [5.74, 6) is -0.178. The monoisotopic (exact) mass is 322 g/mol. The van der Waals surface area contributed by atoms with Crippen molar-refractivity contribution in [2.45, 2.75) is 0 Å². The van der Waals surface area contributed by atoms with E-state index in [1.807, 2.05) is 60.7 Å². The van der Waals surface area contributed by atoms with E-state index < -0.39 is 0 Å². The number of nitrogens with zero attached hydrogens (tertiary/aromatic N) is 1. The van der Waals surface area contributed by atoms with Crippen molar-refractivity contribution >= 4 is 28.9 Å². The van der Waals surface area contributed by atoms with Gasteiger partial charge in [-0.25, -0.2) is 5.01 Å². The van der Waals surface area contributed by atoms with Crippen LogP contribution in [0.25, 0.3) is 0 Å². The molecule has 3 nitrogen and oxygen atoms in total. The van der Waals surface area contributed by atoms with Crippen LogP contribution in [-0.2, 0) is 0 Å². The molecule has 0 unspecified atom stereocenters. The molecular weight excluding hydrogens is 308 g/mol. The van der Waals surface area contributed by atoms with Gasteiger partial charge in [0.15, 0.2) is 0 Å². The number of carbonyl (C=O) groups excluding carboxylic acids is 1. The molecular formula is C19H15ClN2O. The Morgan fingerprint density at radius 1 is 0.826 bits per heavy atom. The van der Waals surface area contributed by atoms with Crippen LogP contribution in [0, 0.1) is 0 Å². The second kappa shape index (κ2) is 6.99. The highest BCUT2D eigenvalue weighted by atomic mass is 35.5. The standard InChI is InChI=1S/C19H15ClN2O/c20-16-9-7-8-15(14-16)19(23)22(18-12-5-2-6-13-18)21-17-10-3-1-4-11-17/h1-14,21H. The first-order valence-electron chi connectivity index (χ1n) is 7.21. The van der Waals surface area contributed by atoms with E-state index >= 15 is 0 Å². The van der Waals surface area contributed by atoms with Crippen molar-refractivity contribution in [3.63, 3.8) is 0 Å². The van der Waals surface area contributed by atoms with Crippen molar-refractivity contribution in [3.8, 4) is 0 Å². The molecule has 0 aliphatic carbocycles. The fourth-order valence-corrected chi connectivity index (χ4v) is 2.39. The summed E-state index contributed by atoms with van der Waals surface area (Å²) < 4.78 is 0. The molecule has 0 atom stereocenters. The maximum absolute atomic E-state index is 12.9. The molecule has 0 bridgehead atoms. The zero-order valence-corrected chi connectivity index (χ0v) is 13.1. The van der Waals surface area contributed by atoms with Gasteiger partial charge < -0.3 is 0 Å². The second-order valence-electron chi connectivity index (χ2n) is 4.96. The SMILES string of the molecule is O=C(c1cccc(Cl)c1)N(Nc1ccccc1)c1ccccc1. The number of nitrogens with one attached hydrogen (secondary N) is 1. The topological polar surface area (TPSA) is 32.3 Å². The number of anilines is 2. The van der Waals surface area contributed by atoms with Gasteiger partial charge in [-0.3, -0.25) is 10.2 Å². The predicted octanol–water partition coefficient (Wildman–Crippen LogP) is 5.01. The molecule has 0 aliphatic rings. The minimum Gasteiger partial charge on any atom is -0.291 e. The van der Waals surface area contributed by atoms with Gasteiger partial charge in [0.2, 0.25) is 0 Å². The Hall–Kier alpha value is -2.78. The first-order chi connectivity index (χ1) is 11.2. The minimum atomic E-state index is -0.178. The van der Waals surface area contributed by atoms with E-state index in [2.05, 4.69) is 5.43 Å². The molecule has 0 spiro atoms. The molecule has 114 valence electrons. The highest BCUT2D eigenvalue weighted by molar-refractivity contribution is 6.31. The largest absolute Gasteiger partial charge is 0.291 e. The number of halogens is 1. The minimum absolute atomic E-state index is 0.178. The highest BCUT2D eigenvalue weighted by Crippen LogP contribution is 2.20. The third-order valence-corrected chi connectivity index (χ3v) is 3.54. The van der Waals surface area contributed by atoms with Crippen molar-refractivity contribution in [2.24, 2.45) is 0 Å². The first kappa shape index (κ1) is 15.1. The lowest BCUT2D eigenvalue weighted by Crippen LogP contribution is -2.36. The van der Waals surface area contributed by atoms with Crippen LogP contribution in [0.15, 0.2) is 84.9 Å². The van der Waals surface area contributed by atoms with Gasteiger partial charge in [0, 0.05) is 10.6 Å². The number of amides is 1. The molecule has 0 aliphatic heterocycles. The summed E-state index contributed by atoms with van der Waals surface area (Å²) >= 11 is 6.01. The third-order valence-electron chi connectivity index (χ3n) is 3.30. The normalized spacial score (nSPS) is 10.1. The van der Waals surface area contributed by atoms with E-state index in [1.54, 1.807) is 24.3 Å². The first-order valence-corrected chi connectivity index (χ1v) is 7.58. The van der Waals surface area contributed by atoms with Crippen LogP contribution < -0.4 is 10.4 Å². The van der Waals surface area contributed by atoms with E-state index in [-0.39, 0.29) is 5.91 Å². The molecule has 0 radical (unpaired) electrons. The van der Waals surface area contributed by atoms with Crippen molar-refractivity contribution in [1.29, 1.82) is 0 Å². The Labute approximate surface area is 140 Å². The molecule has 3 rings (SSSR count). The number of hydrazine groups is 1. The van der Waals surface area contributed by atoms with Crippen molar-refractivity contribution < 1.29 is 4.79 Å². The lowest BCUT2D eigenvalue weighted by Gasteiger charge is -2.24. The van der Waals surface area contributed by atoms with E-state index in [0.29, 0.717) is 10.6 Å². The van der Waals surface area contributed by atoms with Gasteiger partial charge in [0.1, 0.15) is 0 Å². The molecule has 0 saturated carbocycles. The lowest BCUT2D eigenvalue weighted by atomic mass is 10.2. The molecule has 3 aromatic carbocycles.